The van der Waals surface area contributed by atoms with Crippen LogP contribution in [0.15, 0.2) is 43.6 Å². The van der Waals surface area contributed by atoms with Crippen LogP contribution >= 0.6 is 46.2 Å². The smallest absolute Gasteiger partial charge is 0.431 e. The van der Waals surface area contributed by atoms with E-state index in [4.69, 9.17) is 53.3 Å². The van der Waals surface area contributed by atoms with Crippen molar-refractivity contribution in [3.05, 3.63) is 44.7 Å². The molecule has 2 aromatic rings. The highest BCUT2D eigenvalue weighted by Gasteiger charge is 2.55. The molecule has 32 heteroatoms. The average molecular weight is 1120 g/mol. The van der Waals surface area contributed by atoms with Gasteiger partial charge in [-0.15, -0.1) is 46.2 Å². The number of β-lactam (4-membered cyclic amide) rings is 1. The molecule has 6 atom stereocenters. The number of aromatic nitrogens is 2. The number of hydrogen-bond acceptors (Lipinski definition) is 28. The Bertz CT molecular complexity index is 2570. The molecule has 5 rings (SSSR count). The Morgan fingerprint density at radius 1 is 0.743 bits per heavy atom. The molecule has 0 saturated carbocycles. The number of hydrogen-bond donors (Lipinski definition) is 5. The number of methoxy groups -OCH3 is 2. The zero-order valence-corrected chi connectivity index (χ0v) is 44.7. The van der Waals surface area contributed by atoms with Gasteiger partial charge in [0.1, 0.15) is 59.8 Å². The second-order valence-corrected chi connectivity index (χ2v) is 19.8. The minimum Gasteiger partial charge on any atom is -0.431 e. The summed E-state index contributed by atoms with van der Waals surface area (Å²) in [7, 11) is 5.15. The molecule has 5 heterocycles. The van der Waals surface area contributed by atoms with Gasteiger partial charge in [-0.3, -0.25) is 24.1 Å². The fraction of sp³-hybridized carbons (Fsp3) is 0.524. The zero-order chi connectivity index (χ0) is 54.4. The molecule has 1 saturated heterocycles. The minimum atomic E-state index is -1.58. The number of thioether (sulfide) groups is 2. The van der Waals surface area contributed by atoms with E-state index in [2.05, 4.69) is 41.5 Å². The molecule has 28 nitrogen and oxygen atoms in total. The van der Waals surface area contributed by atoms with Crippen LogP contribution in [-0.4, -0.2) is 175 Å². The minimum absolute atomic E-state index is 0.0236. The molecule has 1 fully saturated rings. The predicted molar refractivity (Wildman–Crippen MR) is 265 cm³/mol. The number of carbonyl (C=O) groups is 8. The lowest BCUT2D eigenvalue weighted by Crippen LogP contribution is -2.71. The van der Waals surface area contributed by atoms with Crippen LogP contribution in [-0.2, 0) is 76.3 Å². The van der Waals surface area contributed by atoms with Gasteiger partial charge >= 0.3 is 24.2 Å². The van der Waals surface area contributed by atoms with Crippen molar-refractivity contribution in [3.63, 3.8) is 0 Å². The van der Waals surface area contributed by atoms with Crippen LogP contribution < -0.4 is 27.0 Å². The summed E-state index contributed by atoms with van der Waals surface area (Å²) in [5, 5.41) is 19.3. The van der Waals surface area contributed by atoms with Crippen molar-refractivity contribution >= 4 is 116 Å². The zero-order valence-electron chi connectivity index (χ0n) is 41.4. The third kappa shape index (κ3) is 15.2. The van der Waals surface area contributed by atoms with E-state index in [0.29, 0.717) is 11.1 Å². The summed E-state index contributed by atoms with van der Waals surface area (Å²) in [6.07, 6.45) is -5.99. The lowest BCUT2D eigenvalue weighted by Gasteiger charge is -2.49. The molecule has 3 aliphatic rings. The first-order chi connectivity index (χ1) is 35.2. The number of nitrogens with two attached hydrogens (primary N) is 1. The first-order valence-electron chi connectivity index (χ1n) is 21.9. The molecule has 6 N–H and O–H groups in total. The van der Waals surface area contributed by atoms with Crippen molar-refractivity contribution in [2.45, 2.75) is 89.2 Å². The molecule has 3 aliphatic heterocycles. The van der Waals surface area contributed by atoms with Gasteiger partial charge in [-0.1, -0.05) is 10.3 Å². The lowest BCUT2D eigenvalue weighted by molar-refractivity contribution is -0.169. The fourth-order valence-electron chi connectivity index (χ4n) is 6.66. The van der Waals surface area contributed by atoms with Crippen molar-refractivity contribution in [2.24, 2.45) is 10.3 Å². The normalized spacial score (nSPS) is 18.9. The van der Waals surface area contributed by atoms with Gasteiger partial charge in [0.15, 0.2) is 21.7 Å². The third-order valence-electron chi connectivity index (χ3n) is 9.59. The highest BCUT2D eigenvalue weighted by atomic mass is 32.2. The number of rotatable bonds is 23. The van der Waals surface area contributed by atoms with E-state index in [9.17, 15) is 38.4 Å². The number of ether oxygens (including phenoxy) is 8. The second kappa shape index (κ2) is 27.0. The highest BCUT2D eigenvalue weighted by molar-refractivity contribution is 8.00. The predicted octanol–water partition coefficient (Wildman–Crippen LogP) is 1.77. The summed E-state index contributed by atoms with van der Waals surface area (Å²) >= 11 is 4.18. The van der Waals surface area contributed by atoms with Crippen molar-refractivity contribution in [1.29, 1.82) is 0 Å². The van der Waals surface area contributed by atoms with Crippen LogP contribution in [0.1, 0.15) is 52.9 Å². The van der Waals surface area contributed by atoms with Crippen LogP contribution in [0.5, 0.6) is 0 Å². The summed E-state index contributed by atoms with van der Waals surface area (Å²) < 4.78 is 41.2. The summed E-state index contributed by atoms with van der Waals surface area (Å²) in [5.74, 6) is -5.20. The van der Waals surface area contributed by atoms with E-state index in [-0.39, 0.29) is 63.5 Å². The number of nitrogens with one attached hydrogen (secondary N) is 4. The molecule has 0 aromatic carbocycles. The summed E-state index contributed by atoms with van der Waals surface area (Å²) in [6.45, 7) is 8.88. The molecule has 0 bridgehead atoms. The van der Waals surface area contributed by atoms with E-state index in [1.165, 1.54) is 57.7 Å². The number of oxime groups is 2. The van der Waals surface area contributed by atoms with Crippen LogP contribution in [0.4, 0.5) is 19.9 Å². The van der Waals surface area contributed by atoms with Gasteiger partial charge in [-0.2, -0.15) is 0 Å². The summed E-state index contributed by atoms with van der Waals surface area (Å²) in [6, 6.07) is -2.77. The first kappa shape index (κ1) is 58.2. The molecule has 404 valence electrons. The Labute approximate surface area is 439 Å². The van der Waals surface area contributed by atoms with Gasteiger partial charge in [0.25, 0.3) is 23.6 Å². The maximum absolute atomic E-state index is 14.4. The SMILES string of the molecule is COCC1=C(C(=O)O[C@@H](C)OC(=O)OC(C)C)N[C@@H](C(NC(=O)/C(=N\OC)c2csc(N)n2)C(=O)Nc2nc(/C(=N/OC)C(=O)N[C@@H]3C(=O)N4C(C(=O)O[C@@H](C)OC(=O)OC(C)C)=C(COC)CS[C@H]34)cs2)SC1. The topological polar surface area (TPSA) is 357 Å². The molecule has 0 spiro atoms. The quantitative estimate of drug-likeness (QED) is 0.0264. The Morgan fingerprint density at radius 2 is 1.30 bits per heavy atom. The Kier molecular flexibility index (Phi) is 21.2. The van der Waals surface area contributed by atoms with Crippen molar-refractivity contribution in [3.8, 4) is 0 Å². The Hall–Kier alpha value is -6.74. The average Bonchev–Trinajstić information content (AvgIpc) is 3.98. The van der Waals surface area contributed by atoms with Gasteiger partial charge in [0.2, 0.25) is 12.6 Å². The van der Waals surface area contributed by atoms with Crippen LogP contribution in [0.2, 0.25) is 0 Å². The first-order valence-corrected chi connectivity index (χ1v) is 25.8. The molecular weight excluding hydrogens is 1060 g/mol. The lowest BCUT2D eigenvalue weighted by atomic mass is 10.0. The number of esters is 2. The van der Waals surface area contributed by atoms with E-state index >= 15 is 0 Å². The van der Waals surface area contributed by atoms with Crippen molar-refractivity contribution in [2.75, 3.05) is 64.2 Å². The number of anilines is 2. The number of thiazole rings is 2. The van der Waals surface area contributed by atoms with E-state index in [0.717, 1.165) is 46.4 Å². The van der Waals surface area contributed by atoms with Gasteiger partial charge in [0.05, 0.1) is 25.4 Å². The van der Waals surface area contributed by atoms with Gasteiger partial charge < -0.3 is 74.6 Å². The molecule has 1 unspecified atom stereocenters. The number of nitrogens with zero attached hydrogens (tertiary/aromatic N) is 5. The van der Waals surface area contributed by atoms with Crippen molar-refractivity contribution in [1.82, 2.24) is 30.8 Å². The van der Waals surface area contributed by atoms with Crippen LogP contribution in [0.25, 0.3) is 0 Å². The highest BCUT2D eigenvalue weighted by Crippen LogP contribution is 2.41. The van der Waals surface area contributed by atoms with Gasteiger partial charge in [0, 0.05) is 50.3 Å². The Balaban J connectivity index is 1.35. The van der Waals surface area contributed by atoms with Gasteiger partial charge in [-0.25, -0.2) is 29.1 Å². The maximum atomic E-state index is 14.4. The van der Waals surface area contributed by atoms with E-state index < -0.39 is 101 Å². The van der Waals surface area contributed by atoms with Crippen molar-refractivity contribution < 1.29 is 85.9 Å². The summed E-state index contributed by atoms with van der Waals surface area (Å²) in [5.41, 5.74) is 5.44. The molecular formula is C42H54N10O18S4. The summed E-state index contributed by atoms with van der Waals surface area (Å²) in [4.78, 5) is 127. The number of carbonyl (C=O) groups excluding carboxylic acids is 8. The van der Waals surface area contributed by atoms with Gasteiger partial charge in [-0.05, 0) is 38.8 Å². The molecule has 0 aliphatic carbocycles. The Morgan fingerprint density at radius 3 is 1.86 bits per heavy atom. The third-order valence-corrected chi connectivity index (χ3v) is 13.6. The number of nitrogen functional groups attached to an aromatic ring is 1. The van der Waals surface area contributed by atoms with Crippen LogP contribution in [0.3, 0.4) is 0 Å². The second-order valence-electron chi connectivity index (χ2n) is 15.8. The van der Waals surface area contributed by atoms with E-state index in [1.807, 2.05) is 0 Å². The molecule has 2 aromatic heterocycles. The van der Waals surface area contributed by atoms with Crippen LogP contribution in [0, 0.1) is 0 Å². The monoisotopic (exact) mass is 1110 g/mol. The molecule has 0 radical (unpaired) electrons. The number of amides is 4. The number of fused-ring (bicyclic) bond motifs is 1. The molecule has 4 amide bonds. The maximum Gasteiger partial charge on any atom is 0.511 e. The standard InChI is InChI=1S/C42H54N10O18S4/c1-17(2)65-41(59)69-19(5)67-37(57)25-21(11-61-7)13-71-34(48-25)28(46-31(53)26(50-63-9)23-15-73-39(43)44-23)33(55)49-40-45-24(16-74-40)27(51-64-10)32(54)47-29-35(56)52-30(22(12-62-8)14-72-36(29)52)38(58)68-20(6)70-42(60)66-18(3)4/h15-20,28-29,34,36,48H,11-14H2,1-10H3,(H2,43,44)(H,46,53)(H,47,54)(H,45,49,55)/b50-26-,51-27-/t19-,20-,28?,29-,34-,36-/m1/s1. The largest absolute Gasteiger partial charge is 0.511 e. The van der Waals surface area contributed by atoms with E-state index in [1.54, 1.807) is 27.7 Å². The fourth-order valence-corrected chi connectivity index (χ4v) is 10.4. The molecule has 74 heavy (non-hydrogen) atoms.